The Hall–Kier alpha value is -2.68. The molecule has 0 saturated heterocycles. The third kappa shape index (κ3) is 5.98. The predicted molar refractivity (Wildman–Crippen MR) is 150 cm³/mol. The van der Waals surface area contributed by atoms with Gasteiger partial charge in [-0.25, -0.2) is 14.2 Å². The monoisotopic (exact) mass is 596 g/mol. The molecule has 0 radical (unpaired) electrons. The number of hydrogen-bond acceptors (Lipinski definition) is 3. The SMILES string of the molecule is Cl.O=C(NCc1ccnc(F)c1)n1c2c(c3cc(Cl)c(Cl)cc31)CN(C/C=C/c1ccc(F)c(Cl)c1)CC2. The van der Waals surface area contributed by atoms with Crippen molar-refractivity contribution in [1.29, 1.82) is 0 Å². The minimum absolute atomic E-state index is 0. The highest BCUT2D eigenvalue weighted by Gasteiger charge is 2.27. The fraction of sp³-hybridized carbons (Fsp3) is 0.185. The zero-order valence-electron chi connectivity index (χ0n) is 19.9. The molecule has 5 nitrogen and oxygen atoms in total. The smallest absolute Gasteiger partial charge is 0.326 e. The van der Waals surface area contributed by atoms with Gasteiger partial charge in [-0.1, -0.05) is 53.0 Å². The Morgan fingerprint density at radius 2 is 1.84 bits per heavy atom. The van der Waals surface area contributed by atoms with Crippen LogP contribution in [0, 0.1) is 11.8 Å². The van der Waals surface area contributed by atoms with Crippen LogP contribution in [0.25, 0.3) is 17.0 Å². The van der Waals surface area contributed by atoms with Crippen LogP contribution >= 0.6 is 47.2 Å². The first-order chi connectivity index (χ1) is 17.8. The van der Waals surface area contributed by atoms with Gasteiger partial charge in [-0.2, -0.15) is 4.39 Å². The van der Waals surface area contributed by atoms with Gasteiger partial charge in [0.2, 0.25) is 5.95 Å². The quantitative estimate of drug-likeness (QED) is 0.242. The van der Waals surface area contributed by atoms with Gasteiger partial charge in [0, 0.05) is 49.9 Å². The Bertz CT molecular complexity index is 1540. The second kappa shape index (κ2) is 12.0. The number of aromatic nitrogens is 2. The summed E-state index contributed by atoms with van der Waals surface area (Å²) >= 11 is 18.5. The molecule has 2 aromatic carbocycles. The predicted octanol–water partition coefficient (Wildman–Crippen LogP) is 7.53. The van der Waals surface area contributed by atoms with E-state index in [0.29, 0.717) is 40.6 Å². The number of halogens is 6. The summed E-state index contributed by atoms with van der Waals surface area (Å²) in [5.41, 5.74) is 3.97. The second-order valence-corrected chi connectivity index (χ2v) is 9.97. The fourth-order valence-corrected chi connectivity index (χ4v) is 5.07. The van der Waals surface area contributed by atoms with Gasteiger partial charge < -0.3 is 5.32 Å². The van der Waals surface area contributed by atoms with Gasteiger partial charge in [-0.05, 0) is 53.1 Å². The maximum Gasteiger partial charge on any atom is 0.326 e. The summed E-state index contributed by atoms with van der Waals surface area (Å²) in [5.74, 6) is -1.05. The first-order valence-electron chi connectivity index (χ1n) is 11.5. The molecule has 198 valence electrons. The number of benzene rings is 2. The van der Waals surface area contributed by atoms with E-state index in [9.17, 15) is 13.6 Å². The molecule has 0 spiro atoms. The van der Waals surface area contributed by atoms with Crippen molar-refractivity contribution in [3.8, 4) is 0 Å². The molecule has 2 aromatic heterocycles. The first kappa shape index (κ1) is 28.3. The number of pyridine rings is 1. The van der Waals surface area contributed by atoms with Gasteiger partial charge in [0.05, 0.1) is 20.6 Å². The largest absolute Gasteiger partial charge is 0.333 e. The Morgan fingerprint density at radius 3 is 2.61 bits per heavy atom. The van der Waals surface area contributed by atoms with E-state index in [-0.39, 0.29) is 30.0 Å². The van der Waals surface area contributed by atoms with Crippen molar-refractivity contribution in [1.82, 2.24) is 19.8 Å². The van der Waals surface area contributed by atoms with Crippen LogP contribution in [-0.4, -0.2) is 33.6 Å². The van der Waals surface area contributed by atoms with E-state index >= 15 is 0 Å². The molecule has 0 fully saturated rings. The van der Waals surface area contributed by atoms with Crippen LogP contribution in [0.2, 0.25) is 15.1 Å². The maximum atomic E-state index is 13.4. The van der Waals surface area contributed by atoms with E-state index in [1.807, 2.05) is 12.2 Å². The molecular weight excluding hydrogens is 576 g/mol. The lowest BCUT2D eigenvalue weighted by Crippen LogP contribution is -2.34. The molecule has 4 aromatic rings. The molecule has 1 amide bonds. The minimum Gasteiger partial charge on any atom is -0.333 e. The van der Waals surface area contributed by atoms with Crippen LogP contribution in [-0.2, 0) is 19.5 Å². The van der Waals surface area contributed by atoms with Gasteiger partial charge in [0.25, 0.3) is 0 Å². The fourth-order valence-electron chi connectivity index (χ4n) is 4.56. The van der Waals surface area contributed by atoms with Crippen LogP contribution in [0.4, 0.5) is 13.6 Å². The van der Waals surface area contributed by atoms with Crippen molar-refractivity contribution in [3.63, 3.8) is 0 Å². The highest BCUT2D eigenvalue weighted by atomic mass is 35.5. The maximum absolute atomic E-state index is 13.4. The first-order valence-corrected chi connectivity index (χ1v) is 12.7. The summed E-state index contributed by atoms with van der Waals surface area (Å²) in [6.45, 7) is 2.14. The lowest BCUT2D eigenvalue weighted by atomic mass is 10.0. The van der Waals surface area contributed by atoms with E-state index in [4.69, 9.17) is 34.8 Å². The molecule has 1 aliphatic heterocycles. The highest BCUT2D eigenvalue weighted by molar-refractivity contribution is 6.42. The van der Waals surface area contributed by atoms with Gasteiger partial charge in [-0.3, -0.25) is 9.47 Å². The molecule has 38 heavy (non-hydrogen) atoms. The molecule has 0 atom stereocenters. The average Bonchev–Trinajstić information content (AvgIpc) is 3.17. The number of fused-ring (bicyclic) bond motifs is 3. The number of carbonyl (C=O) groups excluding carboxylic acids is 1. The number of carbonyl (C=O) groups is 1. The molecule has 0 bridgehead atoms. The zero-order chi connectivity index (χ0) is 26.1. The van der Waals surface area contributed by atoms with Crippen molar-refractivity contribution >= 4 is 70.2 Å². The second-order valence-electron chi connectivity index (χ2n) is 8.75. The summed E-state index contributed by atoms with van der Waals surface area (Å²) in [5, 5.41) is 4.57. The van der Waals surface area contributed by atoms with Crippen LogP contribution in [0.15, 0.2) is 54.7 Å². The molecule has 3 heterocycles. The summed E-state index contributed by atoms with van der Waals surface area (Å²) in [7, 11) is 0. The van der Waals surface area contributed by atoms with Crippen LogP contribution < -0.4 is 5.32 Å². The van der Waals surface area contributed by atoms with Gasteiger partial charge in [0.15, 0.2) is 0 Å². The van der Waals surface area contributed by atoms with Crippen molar-refractivity contribution in [2.75, 3.05) is 13.1 Å². The van der Waals surface area contributed by atoms with Gasteiger partial charge in [-0.15, -0.1) is 12.4 Å². The van der Waals surface area contributed by atoms with Crippen molar-refractivity contribution in [3.05, 3.63) is 104 Å². The minimum atomic E-state index is -0.603. The van der Waals surface area contributed by atoms with Gasteiger partial charge >= 0.3 is 6.03 Å². The van der Waals surface area contributed by atoms with E-state index < -0.39 is 11.8 Å². The van der Waals surface area contributed by atoms with E-state index in [1.54, 1.807) is 34.9 Å². The third-order valence-corrected chi connectivity index (χ3v) is 7.34. The molecule has 0 saturated carbocycles. The van der Waals surface area contributed by atoms with Crippen molar-refractivity contribution in [2.24, 2.45) is 0 Å². The number of amides is 1. The Balaban J connectivity index is 0.00000336. The summed E-state index contributed by atoms with van der Waals surface area (Å²) in [4.78, 5) is 19.1. The third-order valence-electron chi connectivity index (χ3n) is 6.32. The lowest BCUT2D eigenvalue weighted by molar-refractivity contribution is 0.240. The topological polar surface area (TPSA) is 50.2 Å². The molecule has 1 aliphatic rings. The summed E-state index contributed by atoms with van der Waals surface area (Å²) < 4.78 is 28.5. The molecule has 1 N–H and O–H groups in total. The van der Waals surface area contributed by atoms with Crippen LogP contribution in [0.1, 0.15) is 22.4 Å². The average molecular weight is 598 g/mol. The number of nitrogens with zero attached hydrogens (tertiary/aromatic N) is 3. The molecule has 0 aliphatic carbocycles. The van der Waals surface area contributed by atoms with Crippen LogP contribution in [0.5, 0.6) is 0 Å². The Labute approximate surface area is 239 Å². The molecule has 0 unspecified atom stereocenters. The Morgan fingerprint density at radius 1 is 1.05 bits per heavy atom. The molecule has 11 heteroatoms. The number of nitrogens with one attached hydrogen (secondary N) is 1. The standard InChI is InChI=1S/C27H21Cl3F2N4O.ClH/c28-20-12-18-19-15-35(8-1-2-16-3-4-23(31)22(30)10-16)9-6-24(19)36(25(18)13-21(20)29)27(37)34-14-17-5-7-33-26(32)11-17;/h1-5,7,10-13H,6,8-9,14-15H2,(H,34,37);1H/b2-1+;. The lowest BCUT2D eigenvalue weighted by Gasteiger charge is -2.27. The molecular formula is C27H22Cl4F2N4O. The number of hydrogen-bond donors (Lipinski definition) is 1. The van der Waals surface area contributed by atoms with Crippen molar-refractivity contribution < 1.29 is 13.6 Å². The van der Waals surface area contributed by atoms with E-state index in [0.717, 1.165) is 28.8 Å². The van der Waals surface area contributed by atoms with Gasteiger partial charge in [0.1, 0.15) is 5.82 Å². The van der Waals surface area contributed by atoms with Crippen molar-refractivity contribution in [2.45, 2.75) is 19.5 Å². The zero-order valence-corrected chi connectivity index (χ0v) is 22.9. The van der Waals surface area contributed by atoms with Crippen LogP contribution in [0.3, 0.4) is 0 Å². The normalized spacial score (nSPS) is 13.5. The Kier molecular flexibility index (Phi) is 8.96. The number of rotatable bonds is 5. The summed E-state index contributed by atoms with van der Waals surface area (Å²) in [6.07, 6.45) is 5.89. The molecule has 5 rings (SSSR count). The van der Waals surface area contributed by atoms with E-state index in [2.05, 4.69) is 15.2 Å². The van der Waals surface area contributed by atoms with E-state index in [1.165, 1.54) is 18.3 Å². The summed E-state index contributed by atoms with van der Waals surface area (Å²) in [6, 6.07) is 10.7. The highest BCUT2D eigenvalue weighted by Crippen LogP contribution is 2.36.